The molecule has 2 aliphatic rings. The highest BCUT2D eigenvalue weighted by Crippen LogP contribution is 2.31. The summed E-state index contributed by atoms with van der Waals surface area (Å²) in [5.41, 5.74) is 5.60. The molecular formula is C27H30N8O. The van der Waals surface area contributed by atoms with Crippen molar-refractivity contribution in [2.75, 3.05) is 24.5 Å². The molecule has 1 aromatic carbocycles. The smallest absolute Gasteiger partial charge is 0.255 e. The van der Waals surface area contributed by atoms with E-state index >= 15 is 0 Å². The van der Waals surface area contributed by atoms with Gasteiger partial charge in [0.1, 0.15) is 18.0 Å². The van der Waals surface area contributed by atoms with Crippen LogP contribution in [0.1, 0.15) is 41.8 Å². The van der Waals surface area contributed by atoms with E-state index in [0.717, 1.165) is 60.8 Å². The highest BCUT2D eigenvalue weighted by molar-refractivity contribution is 5.56. The summed E-state index contributed by atoms with van der Waals surface area (Å²) in [4.78, 5) is 33.7. The van der Waals surface area contributed by atoms with Gasteiger partial charge < -0.3 is 9.88 Å². The van der Waals surface area contributed by atoms with Crippen LogP contribution in [0, 0.1) is 6.92 Å². The minimum atomic E-state index is -0.0866. The number of benzene rings is 1. The number of aryl methyl sites for hydroxylation is 1. The monoisotopic (exact) mass is 482 g/mol. The number of H-pyrrole nitrogens is 1. The van der Waals surface area contributed by atoms with Crippen LogP contribution in [-0.2, 0) is 19.5 Å². The van der Waals surface area contributed by atoms with Crippen LogP contribution in [0.15, 0.2) is 53.8 Å². The average Bonchev–Trinajstić information content (AvgIpc) is 3.26. The normalized spacial score (nSPS) is 16.2. The number of hydrogen-bond donors (Lipinski definition) is 1. The number of rotatable bonds is 5. The number of nitrogens with zero attached hydrogens (tertiary/aromatic N) is 7. The molecule has 1 saturated heterocycles. The summed E-state index contributed by atoms with van der Waals surface area (Å²) in [6.45, 7) is 6.34. The van der Waals surface area contributed by atoms with Gasteiger partial charge in [-0.25, -0.2) is 19.6 Å². The molecule has 3 aromatic heterocycles. The minimum Gasteiger partial charge on any atom is -0.356 e. The van der Waals surface area contributed by atoms with E-state index in [1.165, 1.54) is 37.0 Å². The van der Waals surface area contributed by atoms with Gasteiger partial charge in [-0.2, -0.15) is 5.10 Å². The Labute approximate surface area is 209 Å². The van der Waals surface area contributed by atoms with E-state index in [9.17, 15) is 4.79 Å². The first-order valence-electron chi connectivity index (χ1n) is 12.7. The number of aromatic nitrogens is 6. The lowest BCUT2D eigenvalue weighted by atomic mass is 10.0. The summed E-state index contributed by atoms with van der Waals surface area (Å²) in [6.07, 6.45) is 9.21. The number of piperidine rings is 1. The third-order valence-corrected chi connectivity index (χ3v) is 7.18. The molecule has 5 heterocycles. The second-order valence-corrected chi connectivity index (χ2v) is 9.61. The van der Waals surface area contributed by atoms with E-state index in [-0.39, 0.29) is 5.56 Å². The van der Waals surface area contributed by atoms with Gasteiger partial charge in [-0.15, -0.1) is 0 Å². The SMILES string of the molecule is Cc1nn(-c2ccccc2)c(N2CCCCC2)c1CN1CCc2nc(-c3cncnc3)[nH]c(=O)c2C1. The maximum Gasteiger partial charge on any atom is 0.255 e. The van der Waals surface area contributed by atoms with Gasteiger partial charge in [0.05, 0.1) is 28.2 Å². The van der Waals surface area contributed by atoms with Gasteiger partial charge in [-0.3, -0.25) is 9.69 Å². The number of nitrogens with one attached hydrogen (secondary N) is 1. The first-order valence-corrected chi connectivity index (χ1v) is 12.7. The molecule has 0 amide bonds. The van der Waals surface area contributed by atoms with Gasteiger partial charge in [0.15, 0.2) is 0 Å². The highest BCUT2D eigenvalue weighted by atomic mass is 16.1. The Morgan fingerprint density at radius 3 is 2.56 bits per heavy atom. The second-order valence-electron chi connectivity index (χ2n) is 9.61. The molecule has 4 aromatic rings. The molecule has 0 spiro atoms. The summed E-state index contributed by atoms with van der Waals surface area (Å²) < 4.78 is 2.11. The molecule has 6 rings (SSSR count). The predicted molar refractivity (Wildman–Crippen MR) is 138 cm³/mol. The molecule has 184 valence electrons. The van der Waals surface area contributed by atoms with Gasteiger partial charge in [0.25, 0.3) is 5.56 Å². The van der Waals surface area contributed by atoms with Crippen molar-refractivity contribution >= 4 is 5.82 Å². The molecule has 2 aliphatic heterocycles. The van der Waals surface area contributed by atoms with Crippen molar-refractivity contribution in [3.63, 3.8) is 0 Å². The number of anilines is 1. The zero-order valence-corrected chi connectivity index (χ0v) is 20.5. The maximum atomic E-state index is 13.0. The second kappa shape index (κ2) is 9.66. The number of hydrogen-bond acceptors (Lipinski definition) is 7. The first-order chi connectivity index (χ1) is 17.7. The Bertz CT molecular complexity index is 1410. The van der Waals surface area contributed by atoms with E-state index in [4.69, 9.17) is 10.1 Å². The molecule has 1 N–H and O–H groups in total. The molecular weight excluding hydrogens is 452 g/mol. The number of aromatic amines is 1. The lowest BCUT2D eigenvalue weighted by Crippen LogP contribution is -2.36. The van der Waals surface area contributed by atoms with Crippen LogP contribution in [0.2, 0.25) is 0 Å². The molecule has 1 fully saturated rings. The van der Waals surface area contributed by atoms with E-state index < -0.39 is 0 Å². The fourth-order valence-electron chi connectivity index (χ4n) is 5.31. The van der Waals surface area contributed by atoms with Gasteiger partial charge in [-0.1, -0.05) is 18.2 Å². The fraction of sp³-hybridized carbons (Fsp3) is 0.370. The van der Waals surface area contributed by atoms with Crippen LogP contribution in [-0.4, -0.2) is 54.3 Å². The zero-order valence-electron chi connectivity index (χ0n) is 20.5. The number of fused-ring (bicyclic) bond motifs is 1. The lowest BCUT2D eigenvalue weighted by molar-refractivity contribution is 0.241. The molecule has 0 aliphatic carbocycles. The fourth-order valence-corrected chi connectivity index (χ4v) is 5.31. The van der Waals surface area contributed by atoms with Crippen molar-refractivity contribution in [1.82, 2.24) is 34.6 Å². The first kappa shape index (κ1) is 22.6. The molecule has 0 saturated carbocycles. The van der Waals surface area contributed by atoms with Crippen LogP contribution in [0.25, 0.3) is 17.1 Å². The summed E-state index contributed by atoms with van der Waals surface area (Å²) in [5.74, 6) is 1.72. The van der Waals surface area contributed by atoms with Crippen LogP contribution >= 0.6 is 0 Å². The Morgan fingerprint density at radius 1 is 1.00 bits per heavy atom. The van der Waals surface area contributed by atoms with Gasteiger partial charge in [-0.05, 0) is 38.3 Å². The average molecular weight is 483 g/mol. The van der Waals surface area contributed by atoms with Crippen LogP contribution in [0.4, 0.5) is 5.82 Å². The van der Waals surface area contributed by atoms with Crippen molar-refractivity contribution < 1.29 is 0 Å². The predicted octanol–water partition coefficient (Wildman–Crippen LogP) is 3.27. The summed E-state index contributed by atoms with van der Waals surface area (Å²) >= 11 is 0. The Balaban J connectivity index is 1.31. The van der Waals surface area contributed by atoms with Gasteiger partial charge >= 0.3 is 0 Å². The summed E-state index contributed by atoms with van der Waals surface area (Å²) in [6, 6.07) is 10.4. The van der Waals surface area contributed by atoms with Gasteiger partial charge in [0.2, 0.25) is 0 Å². The molecule has 36 heavy (non-hydrogen) atoms. The van der Waals surface area contributed by atoms with Crippen LogP contribution in [0.5, 0.6) is 0 Å². The highest BCUT2D eigenvalue weighted by Gasteiger charge is 2.27. The van der Waals surface area contributed by atoms with E-state index in [2.05, 4.69) is 60.6 Å². The molecule has 9 nitrogen and oxygen atoms in total. The molecule has 0 atom stereocenters. The van der Waals surface area contributed by atoms with Crippen molar-refractivity contribution in [2.24, 2.45) is 0 Å². The van der Waals surface area contributed by atoms with Crippen LogP contribution in [0.3, 0.4) is 0 Å². The largest absolute Gasteiger partial charge is 0.356 e. The maximum absolute atomic E-state index is 13.0. The van der Waals surface area contributed by atoms with Crippen molar-refractivity contribution in [3.8, 4) is 17.1 Å². The van der Waals surface area contributed by atoms with Crippen LogP contribution < -0.4 is 10.5 Å². The lowest BCUT2D eigenvalue weighted by Gasteiger charge is -2.32. The standard InChI is InChI=1S/C27H30N8O/c1-19-22(27(34-11-6-3-7-12-34)35(32-19)21-8-4-2-5-9-21)16-33-13-10-24-23(17-33)26(36)31-25(30-24)20-14-28-18-29-15-20/h2,4-5,8-9,14-15,18H,3,6-7,10-13,16-17H2,1H3,(H,30,31,36). The molecule has 0 unspecified atom stereocenters. The summed E-state index contributed by atoms with van der Waals surface area (Å²) in [7, 11) is 0. The Kier molecular flexibility index (Phi) is 6.06. The van der Waals surface area contributed by atoms with Gasteiger partial charge in [0, 0.05) is 57.1 Å². The van der Waals surface area contributed by atoms with Crippen molar-refractivity contribution in [3.05, 3.63) is 81.9 Å². The third kappa shape index (κ3) is 4.30. The quantitative estimate of drug-likeness (QED) is 0.466. The topological polar surface area (TPSA) is 95.8 Å². The molecule has 0 bridgehead atoms. The van der Waals surface area contributed by atoms with E-state index in [1.807, 2.05) is 6.07 Å². The molecule has 0 radical (unpaired) electrons. The Hall–Kier alpha value is -3.85. The van der Waals surface area contributed by atoms with Crippen molar-refractivity contribution in [1.29, 1.82) is 0 Å². The summed E-state index contributed by atoms with van der Waals surface area (Å²) in [5, 5.41) is 4.98. The van der Waals surface area contributed by atoms with Crippen molar-refractivity contribution in [2.45, 2.75) is 45.7 Å². The third-order valence-electron chi connectivity index (χ3n) is 7.18. The van der Waals surface area contributed by atoms with E-state index in [0.29, 0.717) is 12.4 Å². The minimum absolute atomic E-state index is 0.0866. The number of para-hydroxylation sites is 1. The molecule has 9 heteroatoms. The zero-order chi connectivity index (χ0) is 24.5. The van der Waals surface area contributed by atoms with E-state index in [1.54, 1.807) is 12.4 Å². The Morgan fingerprint density at radius 2 is 1.78 bits per heavy atom.